The van der Waals surface area contributed by atoms with Gasteiger partial charge in [-0.3, -0.25) is 4.79 Å². The monoisotopic (exact) mass is 366 g/mol. The first-order chi connectivity index (χ1) is 11.3. The number of ether oxygens (including phenoxy) is 1. The van der Waals surface area contributed by atoms with Crippen molar-refractivity contribution in [2.24, 2.45) is 0 Å². The zero-order chi connectivity index (χ0) is 17.5. The standard InChI is InChI=1S/C16H18N2O4S2/c1-10-15(23-11(2)17-10)16(19)18-8-14(9-18)24(20,21)13-6-4-12(22-3)5-7-13/h4-7,14H,8-9H2,1-3H3. The summed E-state index contributed by atoms with van der Waals surface area (Å²) in [5.74, 6) is 0.467. The summed E-state index contributed by atoms with van der Waals surface area (Å²) in [7, 11) is -1.91. The number of amides is 1. The normalized spacial score (nSPS) is 15.2. The van der Waals surface area contributed by atoms with Crippen molar-refractivity contribution in [1.29, 1.82) is 0 Å². The summed E-state index contributed by atoms with van der Waals surface area (Å²) >= 11 is 1.34. The Hall–Kier alpha value is -1.93. The fraction of sp³-hybridized carbons (Fsp3) is 0.375. The maximum Gasteiger partial charge on any atom is 0.265 e. The highest BCUT2D eigenvalue weighted by Gasteiger charge is 2.41. The predicted molar refractivity (Wildman–Crippen MR) is 91.5 cm³/mol. The molecule has 1 fully saturated rings. The summed E-state index contributed by atoms with van der Waals surface area (Å²) in [4.78, 5) is 19.1. The van der Waals surface area contributed by atoms with Gasteiger partial charge in [-0.25, -0.2) is 13.4 Å². The molecule has 1 amide bonds. The van der Waals surface area contributed by atoms with Crippen LogP contribution >= 0.6 is 11.3 Å². The number of methoxy groups -OCH3 is 1. The molecule has 0 saturated carbocycles. The van der Waals surface area contributed by atoms with Gasteiger partial charge in [0.1, 0.15) is 15.9 Å². The molecule has 3 rings (SSSR count). The molecule has 1 aromatic carbocycles. The zero-order valence-corrected chi connectivity index (χ0v) is 15.3. The van der Waals surface area contributed by atoms with Gasteiger partial charge in [-0.15, -0.1) is 11.3 Å². The molecule has 0 spiro atoms. The highest BCUT2D eigenvalue weighted by atomic mass is 32.2. The maximum absolute atomic E-state index is 12.6. The van der Waals surface area contributed by atoms with Gasteiger partial charge in [0.05, 0.1) is 22.7 Å². The molecular weight excluding hydrogens is 348 g/mol. The first-order valence-electron chi connectivity index (χ1n) is 7.44. The van der Waals surface area contributed by atoms with E-state index in [0.29, 0.717) is 16.3 Å². The minimum atomic E-state index is -3.44. The van der Waals surface area contributed by atoms with E-state index in [2.05, 4.69) is 4.98 Å². The lowest BCUT2D eigenvalue weighted by Crippen LogP contribution is -2.56. The number of rotatable bonds is 4. The molecule has 8 heteroatoms. The zero-order valence-electron chi connectivity index (χ0n) is 13.6. The molecule has 0 atom stereocenters. The number of sulfone groups is 1. The number of carbonyl (C=O) groups excluding carboxylic acids is 1. The molecule has 0 N–H and O–H groups in total. The third-order valence-corrected chi connectivity index (χ3v) is 7.23. The van der Waals surface area contributed by atoms with E-state index in [0.717, 1.165) is 5.01 Å². The van der Waals surface area contributed by atoms with E-state index >= 15 is 0 Å². The SMILES string of the molecule is COc1ccc(S(=O)(=O)C2CN(C(=O)c3sc(C)nc3C)C2)cc1. The van der Waals surface area contributed by atoms with Gasteiger partial charge in [0.25, 0.3) is 5.91 Å². The van der Waals surface area contributed by atoms with Gasteiger partial charge in [-0.2, -0.15) is 0 Å². The molecule has 0 unspecified atom stereocenters. The molecule has 0 aliphatic carbocycles. The van der Waals surface area contributed by atoms with E-state index in [-0.39, 0.29) is 23.9 Å². The van der Waals surface area contributed by atoms with E-state index in [1.54, 1.807) is 24.0 Å². The molecule has 1 aromatic heterocycles. The van der Waals surface area contributed by atoms with Gasteiger partial charge in [0.2, 0.25) is 0 Å². The second-order valence-electron chi connectivity index (χ2n) is 5.70. The van der Waals surface area contributed by atoms with Crippen LogP contribution in [0, 0.1) is 13.8 Å². The van der Waals surface area contributed by atoms with E-state index in [1.165, 1.54) is 30.6 Å². The number of aryl methyl sites for hydroxylation is 2. The van der Waals surface area contributed by atoms with Crippen LogP contribution in [0.3, 0.4) is 0 Å². The topological polar surface area (TPSA) is 76.6 Å². The van der Waals surface area contributed by atoms with E-state index in [1.807, 2.05) is 6.92 Å². The van der Waals surface area contributed by atoms with Crippen LogP contribution in [0.15, 0.2) is 29.2 Å². The highest BCUT2D eigenvalue weighted by Crippen LogP contribution is 2.28. The van der Waals surface area contributed by atoms with Crippen molar-refractivity contribution < 1.29 is 17.9 Å². The van der Waals surface area contributed by atoms with Crippen molar-refractivity contribution in [1.82, 2.24) is 9.88 Å². The molecule has 1 aliphatic heterocycles. The van der Waals surface area contributed by atoms with Crippen molar-refractivity contribution in [3.8, 4) is 5.75 Å². The lowest BCUT2D eigenvalue weighted by atomic mass is 10.2. The second-order valence-corrected chi connectivity index (χ2v) is 9.13. The number of aromatic nitrogens is 1. The minimum absolute atomic E-state index is 0.140. The van der Waals surface area contributed by atoms with Crippen molar-refractivity contribution in [3.63, 3.8) is 0 Å². The summed E-state index contributed by atoms with van der Waals surface area (Å²) in [6.07, 6.45) is 0. The molecule has 2 heterocycles. The molecule has 128 valence electrons. The Kier molecular flexibility index (Phi) is 4.35. The van der Waals surface area contributed by atoms with Crippen molar-refractivity contribution in [3.05, 3.63) is 39.8 Å². The largest absolute Gasteiger partial charge is 0.497 e. The van der Waals surface area contributed by atoms with Crippen LogP contribution in [0.2, 0.25) is 0 Å². The predicted octanol–water partition coefficient (Wildman–Crippen LogP) is 2.07. The fourth-order valence-corrected chi connectivity index (χ4v) is 5.17. The number of likely N-dealkylation sites (tertiary alicyclic amines) is 1. The smallest absolute Gasteiger partial charge is 0.265 e. The van der Waals surface area contributed by atoms with Gasteiger partial charge in [0.15, 0.2) is 9.84 Å². The first kappa shape index (κ1) is 16.9. The van der Waals surface area contributed by atoms with E-state index < -0.39 is 15.1 Å². The summed E-state index contributed by atoms with van der Waals surface area (Å²) in [5.41, 5.74) is 0.698. The van der Waals surface area contributed by atoms with Crippen molar-refractivity contribution in [2.75, 3.05) is 20.2 Å². The van der Waals surface area contributed by atoms with Gasteiger partial charge < -0.3 is 9.64 Å². The van der Waals surface area contributed by atoms with E-state index in [9.17, 15) is 13.2 Å². The molecular formula is C16H18N2O4S2. The quantitative estimate of drug-likeness (QED) is 0.828. The molecule has 0 bridgehead atoms. The summed E-state index contributed by atoms with van der Waals surface area (Å²) in [5, 5.41) is 0.267. The number of nitrogens with zero attached hydrogens (tertiary/aromatic N) is 2. The highest BCUT2D eigenvalue weighted by molar-refractivity contribution is 7.92. The number of hydrogen-bond acceptors (Lipinski definition) is 6. The Morgan fingerprint density at radius 3 is 2.38 bits per heavy atom. The van der Waals surface area contributed by atoms with Crippen LogP contribution < -0.4 is 4.74 Å². The van der Waals surface area contributed by atoms with Crippen LogP contribution in [0.25, 0.3) is 0 Å². The molecule has 6 nitrogen and oxygen atoms in total. The summed E-state index contributed by atoms with van der Waals surface area (Å²) in [6.45, 7) is 4.07. The Balaban J connectivity index is 1.71. The Morgan fingerprint density at radius 1 is 1.25 bits per heavy atom. The summed E-state index contributed by atoms with van der Waals surface area (Å²) < 4.78 is 30.2. The first-order valence-corrected chi connectivity index (χ1v) is 9.80. The van der Waals surface area contributed by atoms with Gasteiger partial charge in [0, 0.05) is 13.1 Å². The maximum atomic E-state index is 12.6. The lowest BCUT2D eigenvalue weighted by Gasteiger charge is -2.38. The number of benzene rings is 1. The van der Waals surface area contributed by atoms with Crippen molar-refractivity contribution in [2.45, 2.75) is 24.0 Å². The Morgan fingerprint density at radius 2 is 1.88 bits per heavy atom. The number of carbonyl (C=O) groups is 1. The molecule has 24 heavy (non-hydrogen) atoms. The van der Waals surface area contributed by atoms with E-state index in [4.69, 9.17) is 4.74 Å². The number of hydrogen-bond donors (Lipinski definition) is 0. The third kappa shape index (κ3) is 2.91. The molecule has 1 saturated heterocycles. The van der Waals surface area contributed by atoms with Gasteiger partial charge in [-0.05, 0) is 38.1 Å². The average molecular weight is 366 g/mol. The van der Waals surface area contributed by atoms with Crippen LogP contribution in [0.1, 0.15) is 20.4 Å². The lowest BCUT2D eigenvalue weighted by molar-refractivity contribution is 0.0663. The molecule has 1 aliphatic rings. The molecule has 2 aromatic rings. The van der Waals surface area contributed by atoms with Gasteiger partial charge >= 0.3 is 0 Å². The van der Waals surface area contributed by atoms with Crippen molar-refractivity contribution >= 4 is 27.1 Å². The van der Waals surface area contributed by atoms with Gasteiger partial charge in [-0.1, -0.05) is 0 Å². The fourth-order valence-electron chi connectivity index (χ4n) is 2.63. The second kappa shape index (κ2) is 6.18. The van der Waals surface area contributed by atoms with Crippen LogP contribution in [0.5, 0.6) is 5.75 Å². The Bertz CT molecular complexity index is 866. The van der Waals surface area contributed by atoms with Crippen LogP contribution in [-0.4, -0.2) is 49.7 Å². The summed E-state index contributed by atoms with van der Waals surface area (Å²) in [6, 6.07) is 6.32. The number of thiazole rings is 1. The minimum Gasteiger partial charge on any atom is -0.497 e. The average Bonchev–Trinajstić information content (AvgIpc) is 2.84. The molecule has 0 radical (unpaired) electrons. The van der Waals surface area contributed by atoms with Crippen LogP contribution in [0.4, 0.5) is 0 Å². The third-order valence-electron chi connectivity index (χ3n) is 4.06. The Labute approximate surface area is 145 Å². The van der Waals surface area contributed by atoms with Crippen LogP contribution in [-0.2, 0) is 9.84 Å².